The summed E-state index contributed by atoms with van der Waals surface area (Å²) in [4.78, 5) is 29.0. The van der Waals surface area contributed by atoms with Crippen LogP contribution in [0.3, 0.4) is 0 Å². The number of piperazine rings is 1. The molecule has 4 rings (SSSR count). The molecule has 0 saturated carbocycles. The third-order valence-electron chi connectivity index (χ3n) is 5.76. The van der Waals surface area contributed by atoms with Gasteiger partial charge in [0.25, 0.3) is 11.8 Å². The molecule has 0 aliphatic carbocycles. The van der Waals surface area contributed by atoms with Crippen molar-refractivity contribution in [1.82, 2.24) is 10.2 Å². The molecule has 1 heterocycles. The van der Waals surface area contributed by atoms with Gasteiger partial charge in [-0.05, 0) is 61.6 Å². The van der Waals surface area contributed by atoms with Crippen molar-refractivity contribution in [3.63, 3.8) is 0 Å². The largest absolute Gasteiger partial charge is 0.366 e. The molecule has 0 unspecified atom stereocenters. The van der Waals surface area contributed by atoms with E-state index in [1.165, 1.54) is 12.1 Å². The number of halogens is 2. The van der Waals surface area contributed by atoms with Crippen molar-refractivity contribution in [2.24, 2.45) is 0 Å². The number of nitrogens with one attached hydrogen (secondary N) is 2. The Morgan fingerprint density at radius 1 is 0.971 bits per heavy atom. The first kappa shape index (κ1) is 24.6. The maximum atomic E-state index is 14.0. The van der Waals surface area contributed by atoms with Crippen LogP contribution in [-0.2, 0) is 0 Å². The first-order valence-electron chi connectivity index (χ1n) is 11.1. The van der Waals surface area contributed by atoms with Gasteiger partial charge in [0, 0.05) is 36.8 Å². The molecule has 1 fully saturated rings. The fraction of sp³-hybridized carbons (Fsp3) is 0.192. The van der Waals surface area contributed by atoms with Crippen molar-refractivity contribution in [3.05, 3.63) is 94.3 Å². The maximum absolute atomic E-state index is 14.0. The van der Waals surface area contributed by atoms with Crippen molar-refractivity contribution in [1.29, 1.82) is 0 Å². The van der Waals surface area contributed by atoms with E-state index in [2.05, 4.69) is 15.5 Å². The van der Waals surface area contributed by atoms with Gasteiger partial charge in [-0.15, -0.1) is 0 Å². The van der Waals surface area contributed by atoms with Gasteiger partial charge in [0.05, 0.1) is 16.9 Å². The van der Waals surface area contributed by atoms with Crippen LogP contribution in [0, 0.1) is 12.7 Å². The fourth-order valence-electron chi connectivity index (χ4n) is 3.87. The van der Waals surface area contributed by atoms with Crippen LogP contribution < -0.4 is 15.5 Å². The summed E-state index contributed by atoms with van der Waals surface area (Å²) >= 11 is 11.6. The van der Waals surface area contributed by atoms with Crippen LogP contribution in [0.1, 0.15) is 26.3 Å². The summed E-state index contributed by atoms with van der Waals surface area (Å²) in [6, 6.07) is 18.6. The Morgan fingerprint density at radius 3 is 2.34 bits per heavy atom. The highest BCUT2D eigenvalue weighted by Crippen LogP contribution is 2.30. The SMILES string of the molecule is Cc1ccc(C(=O)NC(=S)Nc2cc(Cl)ccc2N2CCN(C(=O)c3ccccc3F)CC2)cc1. The monoisotopic (exact) mass is 510 g/mol. The lowest BCUT2D eigenvalue weighted by Crippen LogP contribution is -2.49. The molecule has 0 bridgehead atoms. The molecular weight excluding hydrogens is 487 g/mol. The third-order valence-corrected chi connectivity index (χ3v) is 6.20. The smallest absolute Gasteiger partial charge is 0.257 e. The van der Waals surface area contributed by atoms with E-state index in [-0.39, 0.29) is 22.5 Å². The first-order valence-corrected chi connectivity index (χ1v) is 11.9. The van der Waals surface area contributed by atoms with E-state index in [1.54, 1.807) is 41.3 Å². The highest BCUT2D eigenvalue weighted by atomic mass is 35.5. The van der Waals surface area contributed by atoms with Crippen LogP contribution >= 0.6 is 23.8 Å². The van der Waals surface area contributed by atoms with Crippen molar-refractivity contribution >= 4 is 52.1 Å². The summed E-state index contributed by atoms with van der Waals surface area (Å²) in [6.07, 6.45) is 0. The molecule has 3 aromatic carbocycles. The minimum absolute atomic E-state index is 0.0736. The second kappa shape index (κ2) is 10.8. The highest BCUT2D eigenvalue weighted by molar-refractivity contribution is 7.80. The number of nitrogens with zero attached hydrogens (tertiary/aromatic N) is 2. The Kier molecular flexibility index (Phi) is 7.63. The molecule has 0 spiro atoms. The predicted octanol–water partition coefficient (Wildman–Crippen LogP) is 4.88. The molecule has 180 valence electrons. The Bertz CT molecular complexity index is 1260. The molecule has 2 N–H and O–H groups in total. The number of thiocarbonyl (C=S) groups is 1. The topological polar surface area (TPSA) is 64.7 Å². The molecule has 0 aromatic heterocycles. The minimum atomic E-state index is -0.523. The Morgan fingerprint density at radius 2 is 1.66 bits per heavy atom. The zero-order valence-electron chi connectivity index (χ0n) is 19.1. The van der Waals surface area contributed by atoms with Crippen LogP contribution in [-0.4, -0.2) is 48.0 Å². The molecule has 0 radical (unpaired) electrons. The molecular formula is C26H24ClFN4O2S. The van der Waals surface area contributed by atoms with Gasteiger partial charge >= 0.3 is 0 Å². The molecule has 3 aromatic rings. The summed E-state index contributed by atoms with van der Waals surface area (Å²) in [5.41, 5.74) is 3.10. The number of hydrogen-bond acceptors (Lipinski definition) is 4. The standard InChI is InChI=1S/C26H24ClFN4O2S/c1-17-6-8-18(9-7-17)24(33)30-26(35)29-22-16-19(27)10-11-23(22)31-12-14-32(15-13-31)25(34)20-4-2-3-5-21(20)28/h2-11,16H,12-15H2,1H3,(H2,29,30,33,35). The van der Waals surface area contributed by atoms with Crippen LogP contribution in [0.15, 0.2) is 66.7 Å². The average Bonchev–Trinajstić information content (AvgIpc) is 2.84. The summed E-state index contributed by atoms with van der Waals surface area (Å²) in [7, 11) is 0. The van der Waals surface area contributed by atoms with Crippen LogP contribution in [0.5, 0.6) is 0 Å². The third kappa shape index (κ3) is 5.96. The molecule has 2 amide bonds. The van der Waals surface area contributed by atoms with Crippen LogP contribution in [0.25, 0.3) is 0 Å². The zero-order valence-corrected chi connectivity index (χ0v) is 20.6. The number of carbonyl (C=O) groups excluding carboxylic acids is 2. The van der Waals surface area contributed by atoms with Gasteiger partial charge in [-0.3, -0.25) is 14.9 Å². The average molecular weight is 511 g/mol. The van der Waals surface area contributed by atoms with Gasteiger partial charge in [0.15, 0.2) is 5.11 Å². The lowest BCUT2D eigenvalue weighted by molar-refractivity contribution is 0.0742. The van der Waals surface area contributed by atoms with Gasteiger partial charge in [-0.2, -0.15) is 0 Å². The van der Waals surface area contributed by atoms with E-state index < -0.39 is 5.82 Å². The van der Waals surface area contributed by atoms with E-state index in [0.29, 0.717) is 42.5 Å². The number of amides is 2. The Hall–Kier alpha value is -3.49. The number of hydrogen-bond donors (Lipinski definition) is 2. The molecule has 1 aliphatic rings. The highest BCUT2D eigenvalue weighted by Gasteiger charge is 2.25. The number of benzene rings is 3. The predicted molar refractivity (Wildman–Crippen MR) is 141 cm³/mol. The molecule has 9 heteroatoms. The Balaban J connectivity index is 1.42. The van der Waals surface area contributed by atoms with Gasteiger partial charge < -0.3 is 15.1 Å². The van der Waals surface area contributed by atoms with E-state index in [4.69, 9.17) is 23.8 Å². The van der Waals surface area contributed by atoms with E-state index in [0.717, 1.165) is 11.3 Å². The van der Waals surface area contributed by atoms with E-state index in [1.807, 2.05) is 25.1 Å². The summed E-state index contributed by atoms with van der Waals surface area (Å²) in [5.74, 6) is -1.16. The van der Waals surface area contributed by atoms with Crippen molar-refractivity contribution < 1.29 is 14.0 Å². The summed E-state index contributed by atoms with van der Waals surface area (Å²) in [6.45, 7) is 3.90. The lowest BCUT2D eigenvalue weighted by atomic mass is 10.1. The number of aryl methyl sites for hydroxylation is 1. The van der Waals surface area contributed by atoms with Gasteiger partial charge in [0.2, 0.25) is 0 Å². The Labute approximate surface area is 213 Å². The number of anilines is 2. The fourth-order valence-corrected chi connectivity index (χ4v) is 4.25. The molecule has 1 saturated heterocycles. The maximum Gasteiger partial charge on any atom is 0.257 e. The van der Waals surface area contributed by atoms with Crippen LogP contribution in [0.4, 0.5) is 15.8 Å². The number of carbonyl (C=O) groups is 2. The van der Waals surface area contributed by atoms with E-state index in [9.17, 15) is 14.0 Å². The molecule has 0 atom stereocenters. The molecule has 35 heavy (non-hydrogen) atoms. The zero-order chi connectivity index (χ0) is 24.9. The van der Waals surface area contributed by atoms with Gasteiger partial charge in [-0.1, -0.05) is 41.4 Å². The molecule has 6 nitrogen and oxygen atoms in total. The van der Waals surface area contributed by atoms with Crippen LogP contribution in [0.2, 0.25) is 5.02 Å². The van der Waals surface area contributed by atoms with Crippen molar-refractivity contribution in [3.8, 4) is 0 Å². The second-order valence-electron chi connectivity index (χ2n) is 8.19. The van der Waals surface area contributed by atoms with Crippen molar-refractivity contribution in [2.75, 3.05) is 36.4 Å². The first-order chi connectivity index (χ1) is 16.8. The molecule has 1 aliphatic heterocycles. The number of rotatable bonds is 4. The van der Waals surface area contributed by atoms with Gasteiger partial charge in [0.1, 0.15) is 5.82 Å². The summed E-state index contributed by atoms with van der Waals surface area (Å²) < 4.78 is 14.0. The summed E-state index contributed by atoms with van der Waals surface area (Å²) in [5, 5.41) is 6.42. The minimum Gasteiger partial charge on any atom is -0.366 e. The second-order valence-corrected chi connectivity index (χ2v) is 9.04. The normalized spacial score (nSPS) is 13.3. The lowest BCUT2D eigenvalue weighted by Gasteiger charge is -2.37. The van der Waals surface area contributed by atoms with Crippen molar-refractivity contribution in [2.45, 2.75) is 6.92 Å². The van der Waals surface area contributed by atoms with E-state index >= 15 is 0 Å². The van der Waals surface area contributed by atoms with Gasteiger partial charge in [-0.25, -0.2) is 4.39 Å². The quantitative estimate of drug-likeness (QED) is 0.490.